The molecule has 0 radical (unpaired) electrons. The Hall–Kier alpha value is -1.62. The maximum Gasteiger partial charge on any atom is 0.325 e. The van der Waals surface area contributed by atoms with Gasteiger partial charge in [-0.1, -0.05) is 18.5 Å². The number of halogens is 1. The third-order valence-electron chi connectivity index (χ3n) is 2.32. The Labute approximate surface area is 111 Å². The highest BCUT2D eigenvalue weighted by Crippen LogP contribution is 2.14. The van der Waals surface area contributed by atoms with Crippen LogP contribution in [0.4, 0.5) is 0 Å². The van der Waals surface area contributed by atoms with Crippen LogP contribution in [0.2, 0.25) is 5.15 Å². The molecule has 0 spiro atoms. The molecule has 0 unspecified atom stereocenters. The van der Waals surface area contributed by atoms with Gasteiger partial charge in [-0.25, -0.2) is 4.98 Å². The van der Waals surface area contributed by atoms with Gasteiger partial charge in [-0.2, -0.15) is 0 Å². The van der Waals surface area contributed by atoms with Crippen LogP contribution in [-0.4, -0.2) is 42.0 Å². The van der Waals surface area contributed by atoms with Gasteiger partial charge in [0.1, 0.15) is 11.7 Å². The van der Waals surface area contributed by atoms with Crippen molar-refractivity contribution in [3.63, 3.8) is 0 Å². The lowest BCUT2D eigenvalue weighted by Crippen LogP contribution is -2.37. The second-order valence-electron chi connectivity index (χ2n) is 3.64. The molecule has 0 fully saturated rings. The van der Waals surface area contributed by atoms with Crippen LogP contribution in [0.1, 0.15) is 23.7 Å². The number of aromatic nitrogens is 1. The molecular weight excluding hydrogens is 256 g/mol. The summed E-state index contributed by atoms with van der Waals surface area (Å²) in [5, 5.41) is 0.133. The Kier molecular flexibility index (Phi) is 5.58. The molecule has 0 saturated carbocycles. The minimum absolute atomic E-state index is 0.0889. The van der Waals surface area contributed by atoms with Crippen LogP contribution in [0.15, 0.2) is 18.3 Å². The summed E-state index contributed by atoms with van der Waals surface area (Å²) >= 11 is 5.86. The molecule has 5 nitrogen and oxygen atoms in total. The van der Waals surface area contributed by atoms with E-state index < -0.39 is 5.97 Å². The predicted molar refractivity (Wildman–Crippen MR) is 67.5 cm³/mol. The van der Waals surface area contributed by atoms with Crippen molar-refractivity contribution in [1.82, 2.24) is 9.88 Å². The van der Waals surface area contributed by atoms with E-state index in [2.05, 4.69) is 9.72 Å². The molecule has 0 aromatic carbocycles. The van der Waals surface area contributed by atoms with Crippen molar-refractivity contribution in [2.45, 2.75) is 13.3 Å². The van der Waals surface area contributed by atoms with E-state index in [1.165, 1.54) is 18.2 Å². The quantitative estimate of drug-likeness (QED) is 0.604. The molecule has 0 aliphatic rings. The number of esters is 1. The standard InChI is InChI=1S/C12H15ClN2O3/c1-3-7-15(8-10(16)18-2)12(17)9-5-4-6-14-11(9)13/h4-6H,3,7-8H2,1-2H3. The summed E-state index contributed by atoms with van der Waals surface area (Å²) in [7, 11) is 1.29. The minimum Gasteiger partial charge on any atom is -0.468 e. The number of hydrogen-bond donors (Lipinski definition) is 0. The van der Waals surface area contributed by atoms with E-state index in [-0.39, 0.29) is 23.2 Å². The highest BCUT2D eigenvalue weighted by Gasteiger charge is 2.20. The van der Waals surface area contributed by atoms with E-state index in [1.807, 2.05) is 6.92 Å². The maximum atomic E-state index is 12.2. The SMILES string of the molecule is CCCN(CC(=O)OC)C(=O)c1cccnc1Cl. The fraction of sp³-hybridized carbons (Fsp3) is 0.417. The third-order valence-corrected chi connectivity index (χ3v) is 2.62. The summed E-state index contributed by atoms with van der Waals surface area (Å²) in [5.41, 5.74) is 0.288. The lowest BCUT2D eigenvalue weighted by atomic mass is 10.2. The normalized spacial score (nSPS) is 9.94. The molecule has 1 aromatic heterocycles. The Balaban J connectivity index is 2.89. The van der Waals surface area contributed by atoms with Crippen LogP contribution in [0, 0.1) is 0 Å². The lowest BCUT2D eigenvalue weighted by Gasteiger charge is -2.20. The van der Waals surface area contributed by atoms with Crippen LogP contribution >= 0.6 is 11.6 Å². The van der Waals surface area contributed by atoms with E-state index in [0.29, 0.717) is 6.54 Å². The van der Waals surface area contributed by atoms with Gasteiger partial charge in [0.25, 0.3) is 5.91 Å². The smallest absolute Gasteiger partial charge is 0.325 e. The Morgan fingerprint density at radius 2 is 2.22 bits per heavy atom. The zero-order chi connectivity index (χ0) is 13.5. The first-order valence-corrected chi connectivity index (χ1v) is 5.94. The lowest BCUT2D eigenvalue weighted by molar-refractivity contribution is -0.141. The molecule has 18 heavy (non-hydrogen) atoms. The van der Waals surface area contributed by atoms with Gasteiger partial charge >= 0.3 is 5.97 Å². The number of carbonyl (C=O) groups is 2. The van der Waals surface area contributed by atoms with Crippen molar-refractivity contribution >= 4 is 23.5 Å². The van der Waals surface area contributed by atoms with Crippen LogP contribution in [-0.2, 0) is 9.53 Å². The van der Waals surface area contributed by atoms with Gasteiger partial charge in [0.05, 0.1) is 12.7 Å². The average Bonchev–Trinajstić information content (AvgIpc) is 2.38. The van der Waals surface area contributed by atoms with Gasteiger partial charge in [-0.3, -0.25) is 9.59 Å². The molecule has 1 aromatic rings. The Morgan fingerprint density at radius 3 is 2.78 bits per heavy atom. The molecule has 0 N–H and O–H groups in total. The van der Waals surface area contributed by atoms with Crippen molar-refractivity contribution in [2.24, 2.45) is 0 Å². The van der Waals surface area contributed by atoms with Gasteiger partial charge < -0.3 is 9.64 Å². The molecule has 0 atom stereocenters. The first kappa shape index (κ1) is 14.4. The van der Waals surface area contributed by atoms with Crippen molar-refractivity contribution in [3.05, 3.63) is 29.0 Å². The molecule has 0 aliphatic heterocycles. The molecule has 1 rings (SSSR count). The highest BCUT2D eigenvalue weighted by molar-refractivity contribution is 6.32. The first-order chi connectivity index (χ1) is 8.60. The summed E-state index contributed by atoms with van der Waals surface area (Å²) in [6.07, 6.45) is 2.24. The van der Waals surface area contributed by atoms with Crippen molar-refractivity contribution < 1.29 is 14.3 Å². The average molecular weight is 271 g/mol. The predicted octanol–water partition coefficient (Wildman–Crippen LogP) is 1.76. The van der Waals surface area contributed by atoms with Gasteiger partial charge in [0, 0.05) is 12.7 Å². The molecule has 6 heteroatoms. The zero-order valence-electron chi connectivity index (χ0n) is 10.4. The molecule has 0 bridgehead atoms. The summed E-state index contributed by atoms with van der Waals surface area (Å²) in [6.45, 7) is 2.29. The topological polar surface area (TPSA) is 59.5 Å². The van der Waals surface area contributed by atoms with E-state index in [4.69, 9.17) is 11.6 Å². The Morgan fingerprint density at radius 1 is 1.50 bits per heavy atom. The van der Waals surface area contributed by atoms with Gasteiger partial charge in [-0.15, -0.1) is 0 Å². The van der Waals surface area contributed by atoms with Crippen LogP contribution in [0.3, 0.4) is 0 Å². The fourth-order valence-corrected chi connectivity index (χ4v) is 1.66. The number of rotatable bonds is 5. The number of carbonyl (C=O) groups excluding carboxylic acids is 2. The van der Waals surface area contributed by atoms with Gasteiger partial charge in [0.2, 0.25) is 0 Å². The molecule has 0 aliphatic carbocycles. The summed E-state index contributed by atoms with van der Waals surface area (Å²) < 4.78 is 4.56. The maximum absolute atomic E-state index is 12.2. The largest absolute Gasteiger partial charge is 0.468 e. The van der Waals surface area contributed by atoms with Crippen LogP contribution < -0.4 is 0 Å². The van der Waals surface area contributed by atoms with E-state index in [0.717, 1.165) is 6.42 Å². The van der Waals surface area contributed by atoms with Gasteiger partial charge in [0.15, 0.2) is 0 Å². The molecule has 0 saturated heterocycles. The number of amides is 1. The minimum atomic E-state index is -0.461. The van der Waals surface area contributed by atoms with Crippen molar-refractivity contribution in [2.75, 3.05) is 20.2 Å². The van der Waals surface area contributed by atoms with Crippen LogP contribution in [0.25, 0.3) is 0 Å². The second-order valence-corrected chi connectivity index (χ2v) is 4.00. The summed E-state index contributed by atoms with van der Waals surface area (Å²) in [5.74, 6) is -0.780. The van der Waals surface area contributed by atoms with Crippen molar-refractivity contribution in [3.8, 4) is 0 Å². The summed E-state index contributed by atoms with van der Waals surface area (Å²) in [4.78, 5) is 28.7. The van der Waals surface area contributed by atoms with Crippen molar-refractivity contribution in [1.29, 1.82) is 0 Å². The number of nitrogens with zero attached hydrogens (tertiary/aromatic N) is 2. The summed E-state index contributed by atoms with van der Waals surface area (Å²) in [6, 6.07) is 3.21. The molecular formula is C12H15ClN2O3. The van der Waals surface area contributed by atoms with Gasteiger partial charge in [-0.05, 0) is 18.6 Å². The number of pyridine rings is 1. The highest BCUT2D eigenvalue weighted by atomic mass is 35.5. The first-order valence-electron chi connectivity index (χ1n) is 5.56. The van der Waals surface area contributed by atoms with Crippen LogP contribution in [0.5, 0.6) is 0 Å². The van der Waals surface area contributed by atoms with E-state index in [9.17, 15) is 9.59 Å². The monoisotopic (exact) mass is 270 g/mol. The molecule has 98 valence electrons. The fourth-order valence-electron chi connectivity index (χ4n) is 1.46. The zero-order valence-corrected chi connectivity index (χ0v) is 11.1. The third kappa shape index (κ3) is 3.70. The van der Waals surface area contributed by atoms with E-state index >= 15 is 0 Å². The molecule has 1 heterocycles. The Bertz CT molecular complexity index is 437. The second kappa shape index (κ2) is 6.96. The molecule has 1 amide bonds. The number of hydrogen-bond acceptors (Lipinski definition) is 4. The van der Waals surface area contributed by atoms with E-state index in [1.54, 1.807) is 12.1 Å². The number of methoxy groups -OCH3 is 1. The number of ether oxygens (including phenoxy) is 1.